The third kappa shape index (κ3) is 2.61. The molecule has 3 aliphatic rings. The van der Waals surface area contributed by atoms with Crippen LogP contribution >= 0.6 is 12.4 Å². The zero-order chi connectivity index (χ0) is 11.9. The Labute approximate surface area is 119 Å². The molecule has 1 N–H and O–H groups in total. The predicted octanol–water partition coefficient (Wildman–Crippen LogP) is 0.614. The highest BCUT2D eigenvalue weighted by Gasteiger charge is 2.34. The number of hydrogen-bond donors (Lipinski definition) is 1. The van der Waals surface area contributed by atoms with Crippen LogP contribution in [0.1, 0.15) is 37.5 Å². The van der Waals surface area contributed by atoms with E-state index in [0.29, 0.717) is 6.04 Å². The Morgan fingerprint density at radius 1 is 1.21 bits per heavy atom. The van der Waals surface area contributed by atoms with Crippen LogP contribution in [-0.2, 0) is 6.54 Å². The van der Waals surface area contributed by atoms with Crippen molar-refractivity contribution in [1.29, 1.82) is 0 Å². The van der Waals surface area contributed by atoms with Gasteiger partial charge in [0.05, 0.1) is 12.6 Å². The molecular formula is C12H21ClN6. The molecule has 2 unspecified atom stereocenters. The summed E-state index contributed by atoms with van der Waals surface area (Å²) in [7, 11) is 0. The molecule has 1 aromatic heterocycles. The summed E-state index contributed by atoms with van der Waals surface area (Å²) in [4.78, 5) is 2.53. The SMILES string of the molecule is C1CC2CN(Cc3nnnn3C3CC3)CCC2N1.Cl. The molecule has 19 heavy (non-hydrogen) atoms. The highest BCUT2D eigenvalue weighted by atomic mass is 35.5. The van der Waals surface area contributed by atoms with E-state index in [2.05, 4.69) is 25.7 Å². The van der Waals surface area contributed by atoms with Crippen molar-refractivity contribution in [3.63, 3.8) is 0 Å². The van der Waals surface area contributed by atoms with Gasteiger partial charge in [-0.1, -0.05) is 0 Å². The van der Waals surface area contributed by atoms with E-state index in [1.807, 2.05) is 4.68 Å². The summed E-state index contributed by atoms with van der Waals surface area (Å²) in [6, 6.07) is 1.35. The number of fused-ring (bicyclic) bond motifs is 1. The molecule has 106 valence electrons. The topological polar surface area (TPSA) is 58.9 Å². The molecule has 0 amide bonds. The van der Waals surface area contributed by atoms with Crippen LogP contribution < -0.4 is 5.32 Å². The smallest absolute Gasteiger partial charge is 0.165 e. The molecule has 0 aromatic carbocycles. The minimum absolute atomic E-state index is 0. The molecular weight excluding hydrogens is 264 g/mol. The fourth-order valence-corrected chi connectivity index (χ4v) is 3.39. The van der Waals surface area contributed by atoms with Crippen LogP contribution in [0.4, 0.5) is 0 Å². The zero-order valence-electron chi connectivity index (χ0n) is 11.0. The van der Waals surface area contributed by atoms with E-state index in [4.69, 9.17) is 0 Å². The quantitative estimate of drug-likeness (QED) is 0.881. The van der Waals surface area contributed by atoms with E-state index in [-0.39, 0.29) is 12.4 Å². The molecule has 0 radical (unpaired) electrons. The maximum atomic E-state index is 4.20. The summed E-state index contributed by atoms with van der Waals surface area (Å²) >= 11 is 0. The molecule has 6 nitrogen and oxygen atoms in total. The Kier molecular flexibility index (Phi) is 3.73. The monoisotopic (exact) mass is 284 g/mol. The fraction of sp³-hybridized carbons (Fsp3) is 0.917. The summed E-state index contributed by atoms with van der Waals surface area (Å²) in [6.45, 7) is 4.50. The lowest BCUT2D eigenvalue weighted by Gasteiger charge is -2.34. The number of likely N-dealkylation sites (tertiary alicyclic amines) is 1. The van der Waals surface area contributed by atoms with Gasteiger partial charge in [-0.25, -0.2) is 4.68 Å². The molecule has 2 atom stereocenters. The van der Waals surface area contributed by atoms with Crippen molar-refractivity contribution >= 4 is 12.4 Å². The van der Waals surface area contributed by atoms with Gasteiger partial charge in [-0.15, -0.1) is 17.5 Å². The second-order valence-corrected chi connectivity index (χ2v) is 5.90. The minimum Gasteiger partial charge on any atom is -0.314 e. The van der Waals surface area contributed by atoms with Crippen LogP contribution in [0.5, 0.6) is 0 Å². The van der Waals surface area contributed by atoms with Crippen LogP contribution in [-0.4, -0.2) is 50.8 Å². The standard InChI is InChI=1S/C12H20N6.ClH/c1-2-10(1)18-12(14-15-16-18)8-17-6-4-11-9(7-17)3-5-13-11;/h9-11,13H,1-8H2;1H. The van der Waals surface area contributed by atoms with Crippen molar-refractivity contribution in [3.8, 4) is 0 Å². The number of tetrazole rings is 1. The van der Waals surface area contributed by atoms with Crippen molar-refractivity contribution in [2.45, 2.75) is 44.3 Å². The average molecular weight is 285 g/mol. The third-order valence-electron chi connectivity index (χ3n) is 4.56. The highest BCUT2D eigenvalue weighted by Crippen LogP contribution is 2.34. The Bertz CT molecular complexity index is 432. The number of rotatable bonds is 3. The normalized spacial score (nSPS) is 30.9. The number of aromatic nitrogens is 4. The zero-order valence-corrected chi connectivity index (χ0v) is 11.8. The van der Waals surface area contributed by atoms with E-state index in [1.165, 1.54) is 45.3 Å². The Morgan fingerprint density at radius 2 is 2.11 bits per heavy atom. The number of nitrogens with zero attached hydrogens (tertiary/aromatic N) is 5. The summed E-state index contributed by atoms with van der Waals surface area (Å²) in [5, 5.41) is 15.8. The lowest BCUT2D eigenvalue weighted by molar-refractivity contribution is 0.150. The van der Waals surface area contributed by atoms with Gasteiger partial charge >= 0.3 is 0 Å². The van der Waals surface area contributed by atoms with Gasteiger partial charge in [0.15, 0.2) is 5.82 Å². The maximum absolute atomic E-state index is 4.20. The first-order chi connectivity index (χ1) is 8.90. The van der Waals surface area contributed by atoms with Crippen LogP contribution in [0.25, 0.3) is 0 Å². The van der Waals surface area contributed by atoms with Gasteiger partial charge in [0.1, 0.15) is 0 Å². The number of nitrogens with one attached hydrogen (secondary N) is 1. The van der Waals surface area contributed by atoms with Gasteiger partial charge in [-0.2, -0.15) is 0 Å². The molecule has 2 saturated heterocycles. The van der Waals surface area contributed by atoms with Crippen molar-refractivity contribution < 1.29 is 0 Å². The molecule has 2 aliphatic heterocycles. The summed E-state index contributed by atoms with van der Waals surface area (Å²) in [5.41, 5.74) is 0. The average Bonchev–Trinajstić information content (AvgIpc) is 2.95. The second kappa shape index (κ2) is 5.34. The van der Waals surface area contributed by atoms with Crippen molar-refractivity contribution in [1.82, 2.24) is 30.4 Å². The summed E-state index contributed by atoms with van der Waals surface area (Å²) in [5.74, 6) is 1.89. The van der Waals surface area contributed by atoms with Crippen molar-refractivity contribution in [2.75, 3.05) is 19.6 Å². The summed E-state index contributed by atoms with van der Waals surface area (Å²) < 4.78 is 2.04. The van der Waals surface area contributed by atoms with Crippen LogP contribution in [0.3, 0.4) is 0 Å². The van der Waals surface area contributed by atoms with Gasteiger partial charge in [0.25, 0.3) is 0 Å². The lowest BCUT2D eigenvalue weighted by Crippen LogP contribution is -2.44. The predicted molar refractivity (Wildman–Crippen MR) is 73.1 cm³/mol. The van der Waals surface area contributed by atoms with Crippen molar-refractivity contribution in [2.24, 2.45) is 5.92 Å². The molecule has 0 bridgehead atoms. The van der Waals surface area contributed by atoms with E-state index >= 15 is 0 Å². The Balaban J connectivity index is 0.00000110. The fourth-order valence-electron chi connectivity index (χ4n) is 3.39. The molecule has 3 fully saturated rings. The van der Waals surface area contributed by atoms with Gasteiger partial charge < -0.3 is 5.32 Å². The lowest BCUT2D eigenvalue weighted by atomic mass is 9.93. The van der Waals surface area contributed by atoms with Crippen molar-refractivity contribution in [3.05, 3.63) is 5.82 Å². The largest absolute Gasteiger partial charge is 0.314 e. The Morgan fingerprint density at radius 3 is 2.95 bits per heavy atom. The maximum Gasteiger partial charge on any atom is 0.165 e. The first-order valence-electron chi connectivity index (χ1n) is 7.12. The van der Waals surface area contributed by atoms with Crippen LogP contribution in [0, 0.1) is 5.92 Å². The number of piperidine rings is 1. The first-order valence-corrected chi connectivity index (χ1v) is 7.12. The number of hydrogen-bond acceptors (Lipinski definition) is 5. The summed E-state index contributed by atoms with van der Waals surface area (Å²) in [6.07, 6.45) is 5.09. The molecule has 1 aliphatic carbocycles. The second-order valence-electron chi connectivity index (χ2n) is 5.90. The van der Waals surface area contributed by atoms with Crippen LogP contribution in [0.15, 0.2) is 0 Å². The van der Waals surface area contributed by atoms with E-state index in [0.717, 1.165) is 24.3 Å². The molecule has 4 rings (SSSR count). The van der Waals surface area contributed by atoms with E-state index in [9.17, 15) is 0 Å². The molecule has 1 saturated carbocycles. The van der Waals surface area contributed by atoms with Gasteiger partial charge in [0.2, 0.25) is 0 Å². The number of halogens is 1. The molecule has 3 heterocycles. The van der Waals surface area contributed by atoms with Gasteiger partial charge in [-0.3, -0.25) is 4.90 Å². The van der Waals surface area contributed by atoms with E-state index in [1.54, 1.807) is 0 Å². The molecule has 0 spiro atoms. The van der Waals surface area contributed by atoms with Gasteiger partial charge in [0, 0.05) is 19.1 Å². The molecule has 1 aromatic rings. The first kappa shape index (κ1) is 13.3. The highest BCUT2D eigenvalue weighted by molar-refractivity contribution is 5.85. The van der Waals surface area contributed by atoms with E-state index < -0.39 is 0 Å². The van der Waals surface area contributed by atoms with Gasteiger partial charge in [-0.05, 0) is 48.6 Å². The Hall–Kier alpha value is -0.720. The van der Waals surface area contributed by atoms with Crippen LogP contribution in [0.2, 0.25) is 0 Å². The minimum atomic E-state index is 0. The third-order valence-corrected chi connectivity index (χ3v) is 4.56. The molecule has 7 heteroatoms.